The van der Waals surface area contributed by atoms with Crippen molar-refractivity contribution in [2.24, 2.45) is 0 Å². The molecule has 0 saturated carbocycles. The molecule has 0 spiro atoms. The number of carbonyl (C=O) groups is 2. The van der Waals surface area contributed by atoms with Gasteiger partial charge < -0.3 is 4.74 Å². The summed E-state index contributed by atoms with van der Waals surface area (Å²) in [7, 11) is 0. The van der Waals surface area contributed by atoms with Crippen LogP contribution in [-0.4, -0.2) is 17.9 Å². The molecule has 1 aliphatic carbocycles. The van der Waals surface area contributed by atoms with Gasteiger partial charge in [-0.1, -0.05) is 12.2 Å². The fraction of sp³-hybridized carbons (Fsp3) is 0.667. The molecule has 15 heavy (non-hydrogen) atoms. The largest absolute Gasteiger partial charge is 0.455 e. The zero-order chi connectivity index (χ0) is 11.1. The van der Waals surface area contributed by atoms with E-state index in [-0.39, 0.29) is 11.8 Å². The maximum Gasteiger partial charge on any atom is 0.303 e. The molecule has 1 rings (SSSR count). The molecule has 0 unspecified atom stereocenters. The predicted molar refractivity (Wildman–Crippen MR) is 57.4 cm³/mol. The molecule has 0 fully saturated rings. The Morgan fingerprint density at radius 3 is 2.80 bits per heavy atom. The lowest BCUT2D eigenvalue weighted by molar-refractivity contribution is -0.153. The normalized spacial score (nSPS) is 25.7. The maximum atomic E-state index is 11.7. The Bertz CT molecular complexity index is 256. The second kappa shape index (κ2) is 6.38. The van der Waals surface area contributed by atoms with Crippen molar-refractivity contribution in [1.29, 1.82) is 0 Å². The van der Waals surface area contributed by atoms with Crippen LogP contribution in [0.3, 0.4) is 0 Å². The van der Waals surface area contributed by atoms with Crippen molar-refractivity contribution in [1.82, 2.24) is 0 Å². The minimum absolute atomic E-state index is 0.0525. The summed E-state index contributed by atoms with van der Waals surface area (Å²) in [6.07, 6.45) is 8.62. The molecule has 0 aliphatic heterocycles. The van der Waals surface area contributed by atoms with Crippen LogP contribution in [-0.2, 0) is 14.3 Å². The first-order chi connectivity index (χ1) is 7.20. The summed E-state index contributed by atoms with van der Waals surface area (Å²) >= 11 is 0. The van der Waals surface area contributed by atoms with E-state index >= 15 is 0 Å². The first kappa shape index (κ1) is 12.0. The molecule has 0 amide bonds. The van der Waals surface area contributed by atoms with Crippen molar-refractivity contribution in [3.8, 4) is 0 Å². The number of ether oxygens (including phenoxy) is 1. The zero-order valence-corrected chi connectivity index (χ0v) is 9.20. The van der Waals surface area contributed by atoms with Gasteiger partial charge in [-0.3, -0.25) is 9.59 Å². The van der Waals surface area contributed by atoms with Gasteiger partial charge in [0.25, 0.3) is 0 Å². The zero-order valence-electron chi connectivity index (χ0n) is 9.20. The van der Waals surface area contributed by atoms with Gasteiger partial charge in [-0.15, -0.1) is 0 Å². The third-order valence-electron chi connectivity index (χ3n) is 2.48. The molecule has 1 aliphatic rings. The second-order valence-electron chi connectivity index (χ2n) is 3.86. The van der Waals surface area contributed by atoms with Crippen LogP contribution >= 0.6 is 0 Å². The Labute approximate surface area is 90.5 Å². The van der Waals surface area contributed by atoms with Crippen LogP contribution in [0.2, 0.25) is 0 Å². The summed E-state index contributed by atoms with van der Waals surface area (Å²) in [5.41, 5.74) is 0. The third kappa shape index (κ3) is 4.77. The lowest BCUT2D eigenvalue weighted by Crippen LogP contribution is -2.26. The Morgan fingerprint density at radius 1 is 1.33 bits per heavy atom. The minimum Gasteiger partial charge on any atom is -0.455 e. The van der Waals surface area contributed by atoms with Crippen LogP contribution in [0.1, 0.15) is 45.4 Å². The molecule has 0 aromatic heterocycles. The van der Waals surface area contributed by atoms with Gasteiger partial charge in [-0.2, -0.15) is 0 Å². The first-order valence-electron chi connectivity index (χ1n) is 5.55. The molecule has 0 N–H and O–H groups in total. The second-order valence-corrected chi connectivity index (χ2v) is 3.86. The van der Waals surface area contributed by atoms with E-state index in [1.165, 1.54) is 6.92 Å². The number of esters is 1. The highest BCUT2D eigenvalue weighted by Crippen LogP contribution is 2.13. The lowest BCUT2D eigenvalue weighted by Gasteiger charge is -2.16. The van der Waals surface area contributed by atoms with Crippen LogP contribution in [0.5, 0.6) is 0 Å². The van der Waals surface area contributed by atoms with E-state index in [1.54, 1.807) is 0 Å². The smallest absolute Gasteiger partial charge is 0.303 e. The van der Waals surface area contributed by atoms with Crippen LogP contribution in [0, 0.1) is 0 Å². The standard InChI is InChI=1S/C12H18O3/c1-10(13)15-12-9-7-5-3-2-4-6-8-11(12)14/h2,4,12H,3,5-9H2,1H3/b4-2-/t12-/m0/s1. The highest BCUT2D eigenvalue weighted by Gasteiger charge is 2.20. The first-order valence-corrected chi connectivity index (χ1v) is 5.55. The average Bonchev–Trinajstić information content (AvgIpc) is 2.19. The van der Waals surface area contributed by atoms with Crippen molar-refractivity contribution in [3.63, 3.8) is 0 Å². The Hall–Kier alpha value is -1.12. The number of hydrogen-bond donors (Lipinski definition) is 0. The van der Waals surface area contributed by atoms with Crippen molar-refractivity contribution in [2.75, 3.05) is 0 Å². The van der Waals surface area contributed by atoms with E-state index in [9.17, 15) is 9.59 Å². The van der Waals surface area contributed by atoms with Crippen LogP contribution in [0.15, 0.2) is 12.2 Å². The summed E-state index contributed by atoms with van der Waals surface area (Å²) < 4.78 is 5.02. The van der Waals surface area contributed by atoms with E-state index in [1.807, 2.05) is 6.08 Å². The fourth-order valence-corrected chi connectivity index (χ4v) is 1.70. The number of rotatable bonds is 1. The highest BCUT2D eigenvalue weighted by atomic mass is 16.5. The molecular weight excluding hydrogens is 192 g/mol. The number of Topliss-reactive ketones (excluding diaryl/α,β-unsaturated/α-hetero) is 1. The molecule has 84 valence electrons. The Balaban J connectivity index is 2.53. The average molecular weight is 210 g/mol. The van der Waals surface area contributed by atoms with Crippen molar-refractivity contribution >= 4 is 11.8 Å². The molecular formula is C12H18O3. The van der Waals surface area contributed by atoms with E-state index < -0.39 is 6.10 Å². The maximum absolute atomic E-state index is 11.7. The summed E-state index contributed by atoms with van der Waals surface area (Å²) in [4.78, 5) is 22.5. The number of allylic oxidation sites excluding steroid dienone is 2. The van der Waals surface area contributed by atoms with Gasteiger partial charge in [0.15, 0.2) is 11.9 Å². The number of hydrogen-bond acceptors (Lipinski definition) is 3. The Morgan fingerprint density at radius 2 is 2.07 bits per heavy atom. The van der Waals surface area contributed by atoms with Crippen molar-refractivity contribution < 1.29 is 14.3 Å². The van der Waals surface area contributed by atoms with Gasteiger partial charge >= 0.3 is 5.97 Å². The van der Waals surface area contributed by atoms with Gasteiger partial charge in [0.05, 0.1) is 0 Å². The third-order valence-corrected chi connectivity index (χ3v) is 2.48. The van der Waals surface area contributed by atoms with E-state index in [0.717, 1.165) is 25.7 Å². The van der Waals surface area contributed by atoms with Gasteiger partial charge in [0, 0.05) is 13.3 Å². The summed E-state index contributed by atoms with van der Waals surface area (Å²) in [6.45, 7) is 1.35. The topological polar surface area (TPSA) is 43.4 Å². The number of ketones is 1. The van der Waals surface area contributed by atoms with Crippen LogP contribution < -0.4 is 0 Å². The molecule has 0 radical (unpaired) electrons. The van der Waals surface area contributed by atoms with Crippen molar-refractivity contribution in [3.05, 3.63) is 12.2 Å². The molecule has 0 saturated heterocycles. The predicted octanol–water partition coefficient (Wildman–Crippen LogP) is 2.40. The highest BCUT2D eigenvalue weighted by molar-refractivity contribution is 5.85. The van der Waals surface area contributed by atoms with E-state index in [2.05, 4.69) is 6.08 Å². The monoisotopic (exact) mass is 210 g/mol. The van der Waals surface area contributed by atoms with Gasteiger partial charge in [-0.05, 0) is 32.1 Å². The fourth-order valence-electron chi connectivity index (χ4n) is 1.70. The van der Waals surface area contributed by atoms with E-state index in [0.29, 0.717) is 12.8 Å². The lowest BCUT2D eigenvalue weighted by atomic mass is 10.0. The van der Waals surface area contributed by atoms with Gasteiger partial charge in [0.2, 0.25) is 0 Å². The SMILES string of the molecule is CC(=O)O[C@H]1CCCC/C=C\CCC1=O. The van der Waals surface area contributed by atoms with Crippen LogP contribution in [0.25, 0.3) is 0 Å². The van der Waals surface area contributed by atoms with E-state index in [4.69, 9.17) is 4.74 Å². The quantitative estimate of drug-likeness (QED) is 0.493. The van der Waals surface area contributed by atoms with Gasteiger partial charge in [0.1, 0.15) is 0 Å². The number of carbonyl (C=O) groups excluding carboxylic acids is 2. The minimum atomic E-state index is -0.506. The van der Waals surface area contributed by atoms with Gasteiger partial charge in [-0.25, -0.2) is 0 Å². The van der Waals surface area contributed by atoms with Crippen LogP contribution in [0.4, 0.5) is 0 Å². The van der Waals surface area contributed by atoms with Crippen molar-refractivity contribution in [2.45, 2.75) is 51.6 Å². The molecule has 0 bridgehead atoms. The summed E-state index contributed by atoms with van der Waals surface area (Å²) in [6, 6.07) is 0. The molecule has 0 heterocycles. The molecule has 0 aromatic rings. The Kier molecular flexibility index (Phi) is 5.08. The molecule has 3 heteroatoms. The molecule has 0 aromatic carbocycles. The summed E-state index contributed by atoms with van der Waals surface area (Å²) in [5, 5.41) is 0. The molecule has 3 nitrogen and oxygen atoms in total. The molecule has 1 atom stereocenters. The summed E-state index contributed by atoms with van der Waals surface area (Å²) in [5.74, 6) is -0.308.